The van der Waals surface area contributed by atoms with Crippen LogP contribution in [0.5, 0.6) is 0 Å². The smallest absolute Gasteiger partial charge is 0.270 e. The molecule has 1 heterocycles. The molecule has 0 radical (unpaired) electrons. The van der Waals surface area contributed by atoms with Gasteiger partial charge in [0.05, 0.1) is 6.04 Å². The van der Waals surface area contributed by atoms with Gasteiger partial charge < -0.3 is 16.7 Å². The Morgan fingerprint density at radius 3 is 2.87 bits per heavy atom. The van der Waals surface area contributed by atoms with E-state index in [4.69, 9.17) is 11.5 Å². The maximum absolute atomic E-state index is 11.5. The fourth-order valence-electron chi connectivity index (χ4n) is 1.28. The molecule has 0 amide bonds. The van der Waals surface area contributed by atoms with E-state index in [2.05, 4.69) is 10.1 Å². The van der Waals surface area contributed by atoms with Crippen LogP contribution in [0.1, 0.15) is 11.9 Å². The Morgan fingerprint density at radius 2 is 2.13 bits per heavy atom. The van der Waals surface area contributed by atoms with Gasteiger partial charge in [-0.3, -0.25) is 0 Å². The molecule has 4 N–H and O–H groups in total. The molecular weight excluding hydrogens is 194 g/mol. The first-order chi connectivity index (χ1) is 7.22. The molecule has 6 heteroatoms. The van der Waals surface area contributed by atoms with Crippen LogP contribution in [0, 0.1) is 5.21 Å². The predicted octanol–water partition coefficient (Wildman–Crippen LogP) is -0.778. The monoisotopic (exact) mass is 205 g/mol. The highest BCUT2D eigenvalue weighted by molar-refractivity contribution is 5.70. The summed E-state index contributed by atoms with van der Waals surface area (Å²) in [6.07, 6.45) is 0. The van der Waals surface area contributed by atoms with Gasteiger partial charge in [-0.15, -0.1) is 0 Å². The molecule has 2 rings (SSSR count). The highest BCUT2D eigenvalue weighted by atomic mass is 16.5. The lowest BCUT2D eigenvalue weighted by Gasteiger charge is -2.06. The largest absolute Gasteiger partial charge is 0.594 e. The average Bonchev–Trinajstić information content (AvgIpc) is 2.28. The standard InChI is InChI=1S/C9H11N5O/c10-5-6(11)9-12-7-3-1-2-4-8(7)14(15)13-9/h1-4,6H,5,10-11H2. The SMILES string of the molecule is NCC(N)c1nc2ccccc2[n+]([O-])n1. The lowest BCUT2D eigenvalue weighted by Crippen LogP contribution is -2.37. The minimum atomic E-state index is -0.505. The molecule has 2 aromatic rings. The third-order valence-electron chi connectivity index (χ3n) is 2.10. The van der Waals surface area contributed by atoms with Gasteiger partial charge in [0, 0.05) is 17.7 Å². The van der Waals surface area contributed by atoms with Crippen LogP contribution in [-0.4, -0.2) is 16.6 Å². The molecule has 0 saturated heterocycles. The van der Waals surface area contributed by atoms with E-state index in [1.165, 1.54) is 0 Å². The highest BCUT2D eigenvalue weighted by Gasteiger charge is 2.14. The average molecular weight is 205 g/mol. The molecule has 6 nitrogen and oxygen atoms in total. The number of benzene rings is 1. The van der Waals surface area contributed by atoms with E-state index >= 15 is 0 Å². The van der Waals surface area contributed by atoms with Gasteiger partial charge in [-0.05, 0) is 10.9 Å². The second-order valence-corrected chi connectivity index (χ2v) is 3.17. The summed E-state index contributed by atoms with van der Waals surface area (Å²) >= 11 is 0. The maximum atomic E-state index is 11.5. The summed E-state index contributed by atoms with van der Waals surface area (Å²) in [4.78, 5) is 4.69. The molecular formula is C9H11N5O. The summed E-state index contributed by atoms with van der Waals surface area (Å²) in [5, 5.41) is 15.2. The molecule has 15 heavy (non-hydrogen) atoms. The zero-order valence-electron chi connectivity index (χ0n) is 8.00. The summed E-state index contributed by atoms with van der Waals surface area (Å²) in [6.45, 7) is 0.207. The minimum absolute atomic E-state index is 0.207. The van der Waals surface area contributed by atoms with Gasteiger partial charge in [0.15, 0.2) is 0 Å². The molecule has 0 aliphatic rings. The molecule has 1 aromatic carbocycles. The van der Waals surface area contributed by atoms with Crippen molar-refractivity contribution in [1.29, 1.82) is 0 Å². The Hall–Kier alpha value is -1.79. The topological polar surface area (TPSA) is 105 Å². The van der Waals surface area contributed by atoms with Gasteiger partial charge in [0.1, 0.15) is 5.52 Å². The highest BCUT2D eigenvalue weighted by Crippen LogP contribution is 2.08. The van der Waals surface area contributed by atoms with Crippen molar-refractivity contribution in [3.05, 3.63) is 35.3 Å². The van der Waals surface area contributed by atoms with Crippen molar-refractivity contribution in [3.8, 4) is 0 Å². The summed E-state index contributed by atoms with van der Waals surface area (Å²) < 4.78 is 0. The second kappa shape index (κ2) is 3.76. The maximum Gasteiger partial charge on any atom is 0.270 e. The van der Waals surface area contributed by atoms with Crippen molar-refractivity contribution in [3.63, 3.8) is 0 Å². The van der Waals surface area contributed by atoms with Crippen LogP contribution in [0.15, 0.2) is 24.3 Å². The predicted molar refractivity (Wildman–Crippen MR) is 54.5 cm³/mol. The number of nitrogens with two attached hydrogens (primary N) is 2. The summed E-state index contributed by atoms with van der Waals surface area (Å²) in [6, 6.07) is 6.43. The Balaban J connectivity index is 2.62. The van der Waals surface area contributed by atoms with Crippen molar-refractivity contribution in [2.24, 2.45) is 11.5 Å². The van der Waals surface area contributed by atoms with E-state index in [0.29, 0.717) is 15.9 Å². The second-order valence-electron chi connectivity index (χ2n) is 3.17. The van der Waals surface area contributed by atoms with Crippen molar-refractivity contribution in [2.45, 2.75) is 6.04 Å². The first-order valence-electron chi connectivity index (χ1n) is 4.54. The third kappa shape index (κ3) is 1.72. The lowest BCUT2D eigenvalue weighted by molar-refractivity contribution is -0.644. The Bertz CT molecular complexity index is 487. The number of hydrogen-bond donors (Lipinski definition) is 2. The fourth-order valence-corrected chi connectivity index (χ4v) is 1.28. The minimum Gasteiger partial charge on any atom is -0.594 e. The summed E-state index contributed by atoms with van der Waals surface area (Å²) in [5.41, 5.74) is 12.0. The third-order valence-corrected chi connectivity index (χ3v) is 2.10. The zero-order valence-corrected chi connectivity index (χ0v) is 8.00. The van der Waals surface area contributed by atoms with E-state index in [-0.39, 0.29) is 12.4 Å². The fraction of sp³-hybridized carbons (Fsp3) is 0.222. The van der Waals surface area contributed by atoms with E-state index < -0.39 is 6.04 Å². The van der Waals surface area contributed by atoms with Crippen molar-refractivity contribution >= 4 is 11.0 Å². The number of para-hydroxylation sites is 2. The zero-order chi connectivity index (χ0) is 10.8. The normalized spacial score (nSPS) is 12.9. The molecule has 0 fully saturated rings. The summed E-state index contributed by atoms with van der Waals surface area (Å²) in [7, 11) is 0. The van der Waals surface area contributed by atoms with Crippen LogP contribution in [0.3, 0.4) is 0 Å². The molecule has 1 aromatic heterocycles. The number of rotatable bonds is 2. The Morgan fingerprint density at radius 1 is 1.40 bits per heavy atom. The van der Waals surface area contributed by atoms with Gasteiger partial charge >= 0.3 is 0 Å². The first-order valence-corrected chi connectivity index (χ1v) is 4.54. The first kappa shape index (κ1) is 9.75. The van der Waals surface area contributed by atoms with Crippen molar-refractivity contribution < 1.29 is 4.85 Å². The number of fused-ring (bicyclic) bond motifs is 1. The van der Waals surface area contributed by atoms with Crippen LogP contribution in [0.2, 0.25) is 0 Å². The molecule has 1 unspecified atom stereocenters. The van der Waals surface area contributed by atoms with Crippen molar-refractivity contribution in [1.82, 2.24) is 10.1 Å². The Labute approximate surface area is 86.1 Å². The Kier molecular flexibility index (Phi) is 2.44. The summed E-state index contributed by atoms with van der Waals surface area (Å²) in [5.74, 6) is 0.270. The molecule has 0 saturated carbocycles. The van der Waals surface area contributed by atoms with Gasteiger partial charge in [-0.2, -0.15) is 0 Å². The van der Waals surface area contributed by atoms with Gasteiger partial charge in [-0.1, -0.05) is 12.1 Å². The molecule has 78 valence electrons. The lowest BCUT2D eigenvalue weighted by atomic mass is 10.2. The quantitative estimate of drug-likeness (QED) is 0.494. The van der Waals surface area contributed by atoms with Crippen LogP contribution < -0.4 is 16.3 Å². The number of aromatic nitrogens is 3. The van der Waals surface area contributed by atoms with Gasteiger partial charge in [-0.25, -0.2) is 4.98 Å². The van der Waals surface area contributed by atoms with E-state index in [1.807, 2.05) is 0 Å². The molecule has 0 bridgehead atoms. The van der Waals surface area contributed by atoms with E-state index in [0.717, 1.165) is 0 Å². The van der Waals surface area contributed by atoms with Crippen LogP contribution in [0.4, 0.5) is 0 Å². The van der Waals surface area contributed by atoms with Gasteiger partial charge in [0.2, 0.25) is 5.82 Å². The van der Waals surface area contributed by atoms with Crippen LogP contribution in [0.25, 0.3) is 11.0 Å². The van der Waals surface area contributed by atoms with E-state index in [9.17, 15) is 5.21 Å². The molecule has 1 atom stereocenters. The van der Waals surface area contributed by atoms with Crippen molar-refractivity contribution in [2.75, 3.05) is 6.54 Å². The van der Waals surface area contributed by atoms with Gasteiger partial charge in [0.25, 0.3) is 5.52 Å². The molecule has 0 aliphatic heterocycles. The number of nitrogens with zero attached hydrogens (tertiary/aromatic N) is 3. The van der Waals surface area contributed by atoms with E-state index in [1.54, 1.807) is 24.3 Å². The number of hydrogen-bond acceptors (Lipinski definition) is 5. The van der Waals surface area contributed by atoms with Crippen LogP contribution in [-0.2, 0) is 0 Å². The molecule has 0 spiro atoms. The molecule has 0 aliphatic carbocycles. The van der Waals surface area contributed by atoms with Crippen LogP contribution >= 0.6 is 0 Å².